The molecule has 0 unspecified atom stereocenters. The van der Waals surface area contributed by atoms with E-state index in [1.54, 1.807) is 0 Å². The van der Waals surface area contributed by atoms with E-state index in [-0.39, 0.29) is 25.3 Å². The molecule has 1 aliphatic heterocycles. The van der Waals surface area contributed by atoms with Gasteiger partial charge in [-0.2, -0.15) is 0 Å². The number of nitrogens with zero attached hydrogens (tertiary/aromatic N) is 1. The van der Waals surface area contributed by atoms with E-state index in [1.165, 1.54) is 22.3 Å². The minimum Gasteiger partial charge on any atom is -0.494 e. The first-order chi connectivity index (χ1) is 15.9. The van der Waals surface area contributed by atoms with Crippen LogP contribution in [0.3, 0.4) is 0 Å². The zero-order valence-corrected chi connectivity index (χ0v) is 19.6. The Morgan fingerprint density at radius 2 is 1.73 bits per heavy atom. The topological polar surface area (TPSA) is 12.5 Å². The van der Waals surface area contributed by atoms with E-state index in [2.05, 4.69) is 31.2 Å². The van der Waals surface area contributed by atoms with Gasteiger partial charge < -0.3 is 4.74 Å². The van der Waals surface area contributed by atoms with Crippen molar-refractivity contribution in [2.24, 2.45) is 0 Å². The standard InChI is InChI=1S/C28H34F3NO/c1-20-17-25-24-10-6-5-9-22(24)18-26(25)27(32(20)19-28(2,30)31)21-11-13-23(14-12-21)33-16-8-4-3-7-15-29/h5-6,9-14,20,27H,3-4,7-8,15-19H2,1-2H3/t20-,27-/m1/s1. The van der Waals surface area contributed by atoms with Crippen LogP contribution in [-0.2, 0) is 6.42 Å². The second kappa shape index (κ2) is 10.3. The predicted molar refractivity (Wildman–Crippen MR) is 128 cm³/mol. The van der Waals surface area contributed by atoms with Crippen molar-refractivity contribution in [3.05, 3.63) is 70.8 Å². The van der Waals surface area contributed by atoms with Crippen LogP contribution in [0, 0.1) is 0 Å². The maximum atomic E-state index is 14.2. The lowest BCUT2D eigenvalue weighted by molar-refractivity contribution is -0.0354. The van der Waals surface area contributed by atoms with Gasteiger partial charge in [0.1, 0.15) is 5.75 Å². The molecule has 2 aliphatic rings. The molecule has 2 aromatic carbocycles. The summed E-state index contributed by atoms with van der Waals surface area (Å²) in [5.41, 5.74) is 6.17. The van der Waals surface area contributed by atoms with Crippen molar-refractivity contribution < 1.29 is 17.9 Å². The second-order valence-corrected chi connectivity index (χ2v) is 9.56. The molecule has 0 spiro atoms. The molecule has 2 aromatic rings. The molecule has 2 nitrogen and oxygen atoms in total. The molecule has 5 heteroatoms. The summed E-state index contributed by atoms with van der Waals surface area (Å²) in [6, 6.07) is 16.2. The van der Waals surface area contributed by atoms with E-state index >= 15 is 0 Å². The van der Waals surface area contributed by atoms with Gasteiger partial charge in [0.05, 0.1) is 25.9 Å². The molecule has 4 rings (SSSR count). The third-order valence-corrected chi connectivity index (χ3v) is 6.79. The molecule has 0 saturated heterocycles. The molecule has 0 N–H and O–H groups in total. The lowest BCUT2D eigenvalue weighted by Crippen LogP contribution is -2.46. The molecule has 1 heterocycles. The number of hydrogen-bond acceptors (Lipinski definition) is 2. The maximum Gasteiger partial charge on any atom is 0.257 e. The van der Waals surface area contributed by atoms with Gasteiger partial charge in [0.2, 0.25) is 0 Å². The van der Waals surface area contributed by atoms with E-state index in [0.29, 0.717) is 13.0 Å². The smallest absolute Gasteiger partial charge is 0.257 e. The summed E-state index contributed by atoms with van der Waals surface area (Å²) in [6.45, 7) is 3.15. The van der Waals surface area contributed by atoms with Crippen molar-refractivity contribution in [1.82, 2.24) is 4.90 Å². The van der Waals surface area contributed by atoms with Crippen LogP contribution in [0.4, 0.5) is 13.2 Å². The first-order valence-corrected chi connectivity index (χ1v) is 12.1. The summed E-state index contributed by atoms with van der Waals surface area (Å²) in [6.07, 6.45) is 4.96. The molecule has 1 aliphatic carbocycles. The number of halogens is 3. The van der Waals surface area contributed by atoms with Crippen LogP contribution in [0.15, 0.2) is 54.1 Å². The van der Waals surface area contributed by atoms with Crippen LogP contribution >= 0.6 is 0 Å². The van der Waals surface area contributed by atoms with Gasteiger partial charge in [0, 0.05) is 13.0 Å². The number of alkyl halides is 3. The van der Waals surface area contributed by atoms with Gasteiger partial charge in [0.15, 0.2) is 0 Å². The lowest BCUT2D eigenvalue weighted by Gasteiger charge is -2.43. The first kappa shape index (κ1) is 23.9. The van der Waals surface area contributed by atoms with Crippen molar-refractivity contribution in [2.45, 2.75) is 70.4 Å². The molecule has 0 bridgehead atoms. The van der Waals surface area contributed by atoms with E-state index in [9.17, 15) is 13.2 Å². The molecule has 0 aromatic heterocycles. The minimum absolute atomic E-state index is 0.0194. The van der Waals surface area contributed by atoms with Crippen LogP contribution < -0.4 is 4.74 Å². The van der Waals surface area contributed by atoms with E-state index in [4.69, 9.17) is 4.74 Å². The molecule has 0 radical (unpaired) electrons. The van der Waals surface area contributed by atoms with Crippen LogP contribution in [0.2, 0.25) is 0 Å². The molecule has 0 amide bonds. The van der Waals surface area contributed by atoms with E-state index < -0.39 is 5.92 Å². The average Bonchev–Trinajstić information content (AvgIpc) is 3.14. The van der Waals surface area contributed by atoms with Crippen molar-refractivity contribution in [2.75, 3.05) is 19.8 Å². The number of rotatable bonds is 10. The fraction of sp³-hybridized carbons (Fsp3) is 0.500. The molecule has 2 atom stereocenters. The third kappa shape index (κ3) is 5.63. The van der Waals surface area contributed by atoms with Gasteiger partial charge in [-0.3, -0.25) is 9.29 Å². The Labute approximate surface area is 195 Å². The summed E-state index contributed by atoms with van der Waals surface area (Å²) in [5.74, 6) is -1.98. The fourth-order valence-electron chi connectivity index (χ4n) is 5.27. The highest BCUT2D eigenvalue weighted by Gasteiger charge is 2.41. The van der Waals surface area contributed by atoms with E-state index in [1.807, 2.05) is 29.2 Å². The Hall–Kier alpha value is -2.27. The maximum absolute atomic E-state index is 14.2. The monoisotopic (exact) mass is 457 g/mol. The van der Waals surface area contributed by atoms with Gasteiger partial charge in [-0.15, -0.1) is 0 Å². The zero-order valence-electron chi connectivity index (χ0n) is 19.6. The van der Waals surface area contributed by atoms with E-state index in [0.717, 1.165) is 50.3 Å². The van der Waals surface area contributed by atoms with Gasteiger partial charge in [0.25, 0.3) is 5.92 Å². The molecular weight excluding hydrogens is 423 g/mol. The first-order valence-electron chi connectivity index (χ1n) is 12.1. The van der Waals surface area contributed by atoms with Crippen LogP contribution in [0.25, 0.3) is 5.57 Å². The Kier molecular flexibility index (Phi) is 7.48. The normalized spacial score (nSPS) is 20.6. The second-order valence-electron chi connectivity index (χ2n) is 9.56. The molecular formula is C28H34F3NO. The average molecular weight is 458 g/mol. The third-order valence-electron chi connectivity index (χ3n) is 6.79. The van der Waals surface area contributed by atoms with Crippen LogP contribution in [-0.4, -0.2) is 36.7 Å². The lowest BCUT2D eigenvalue weighted by atomic mass is 9.85. The number of benzene rings is 2. The fourth-order valence-corrected chi connectivity index (χ4v) is 5.27. The Morgan fingerprint density at radius 1 is 1.00 bits per heavy atom. The number of ether oxygens (including phenoxy) is 1. The van der Waals surface area contributed by atoms with Crippen molar-refractivity contribution in [3.63, 3.8) is 0 Å². The summed E-state index contributed by atoms with van der Waals surface area (Å²) in [7, 11) is 0. The molecule has 178 valence electrons. The Morgan fingerprint density at radius 3 is 2.45 bits per heavy atom. The SMILES string of the molecule is C[C@@H]1CC2=C(Cc3ccccc32)[C@@H](c2ccc(OCCCCCCF)cc2)N1CC(C)(F)F. The van der Waals surface area contributed by atoms with Gasteiger partial charge in [-0.25, -0.2) is 8.78 Å². The highest BCUT2D eigenvalue weighted by molar-refractivity contribution is 5.79. The molecule has 0 fully saturated rings. The highest BCUT2D eigenvalue weighted by atomic mass is 19.3. The number of unbranched alkanes of at least 4 members (excludes halogenated alkanes) is 3. The van der Waals surface area contributed by atoms with Crippen LogP contribution in [0.5, 0.6) is 5.75 Å². The Balaban J connectivity index is 1.55. The summed E-state index contributed by atoms with van der Waals surface area (Å²) in [5, 5.41) is 0. The molecule has 0 saturated carbocycles. The number of hydrogen-bond donors (Lipinski definition) is 0. The zero-order chi connectivity index (χ0) is 23.4. The highest BCUT2D eigenvalue weighted by Crippen LogP contribution is 2.49. The molecule has 33 heavy (non-hydrogen) atoms. The van der Waals surface area contributed by atoms with Gasteiger partial charge in [-0.1, -0.05) is 42.8 Å². The van der Waals surface area contributed by atoms with Gasteiger partial charge >= 0.3 is 0 Å². The summed E-state index contributed by atoms with van der Waals surface area (Å²) < 4.78 is 46.4. The number of fused-ring (bicyclic) bond motifs is 2. The quantitative estimate of drug-likeness (QED) is 0.345. The van der Waals surface area contributed by atoms with Crippen LogP contribution in [0.1, 0.15) is 68.7 Å². The predicted octanol–water partition coefficient (Wildman–Crippen LogP) is 7.40. The largest absolute Gasteiger partial charge is 0.494 e. The van der Waals surface area contributed by atoms with Gasteiger partial charge in [-0.05, 0) is 79.0 Å². The minimum atomic E-state index is -2.76. The Bertz CT molecular complexity index is 964. The summed E-state index contributed by atoms with van der Waals surface area (Å²) >= 11 is 0. The van der Waals surface area contributed by atoms with Crippen molar-refractivity contribution in [1.29, 1.82) is 0 Å². The summed E-state index contributed by atoms with van der Waals surface area (Å²) in [4.78, 5) is 1.98. The van der Waals surface area contributed by atoms with Crippen molar-refractivity contribution >= 4 is 5.57 Å². The van der Waals surface area contributed by atoms with Crippen molar-refractivity contribution in [3.8, 4) is 5.75 Å².